The number of aryl methyl sites for hydroxylation is 1. The molecule has 0 bridgehead atoms. The van der Waals surface area contributed by atoms with Crippen LogP contribution < -0.4 is 0 Å². The van der Waals surface area contributed by atoms with Gasteiger partial charge in [0.05, 0.1) is 10.7 Å². The van der Waals surface area contributed by atoms with Crippen LogP contribution in [0.5, 0.6) is 0 Å². The highest BCUT2D eigenvalue weighted by atomic mass is 35.5. The minimum Gasteiger partial charge on any atom is -0.232 e. The highest BCUT2D eigenvalue weighted by molar-refractivity contribution is 6.36. The molecule has 0 aliphatic heterocycles. The molecular formula is C14H13Cl3N2. The van der Waals surface area contributed by atoms with Gasteiger partial charge in [-0.1, -0.05) is 41.7 Å². The van der Waals surface area contributed by atoms with Gasteiger partial charge in [0.25, 0.3) is 0 Å². The number of hydrogen-bond acceptors (Lipinski definition) is 2. The molecule has 0 unspecified atom stereocenters. The van der Waals surface area contributed by atoms with Crippen molar-refractivity contribution in [1.29, 1.82) is 0 Å². The predicted octanol–water partition coefficient (Wildman–Crippen LogP) is 5.36. The summed E-state index contributed by atoms with van der Waals surface area (Å²) in [5.41, 5.74) is 2.42. The van der Waals surface area contributed by atoms with E-state index in [1.54, 1.807) is 12.1 Å². The number of benzene rings is 1. The summed E-state index contributed by atoms with van der Waals surface area (Å²) in [6, 6.07) is 5.34. The topological polar surface area (TPSA) is 25.8 Å². The van der Waals surface area contributed by atoms with Gasteiger partial charge in [-0.05, 0) is 31.5 Å². The van der Waals surface area contributed by atoms with Crippen LogP contribution in [0.3, 0.4) is 0 Å². The zero-order chi connectivity index (χ0) is 14.0. The van der Waals surface area contributed by atoms with Gasteiger partial charge in [-0.15, -0.1) is 0 Å². The van der Waals surface area contributed by atoms with Crippen molar-refractivity contribution in [1.82, 2.24) is 9.97 Å². The molecular weight excluding hydrogens is 303 g/mol. The first-order valence-corrected chi connectivity index (χ1v) is 7.14. The van der Waals surface area contributed by atoms with Gasteiger partial charge in [0.2, 0.25) is 0 Å². The van der Waals surface area contributed by atoms with Gasteiger partial charge in [0.15, 0.2) is 0 Å². The first-order valence-electron chi connectivity index (χ1n) is 6.01. The third-order valence-electron chi connectivity index (χ3n) is 2.79. The van der Waals surface area contributed by atoms with Crippen molar-refractivity contribution < 1.29 is 0 Å². The lowest BCUT2D eigenvalue weighted by atomic mass is 10.1. The average molecular weight is 316 g/mol. The Morgan fingerprint density at radius 1 is 1.11 bits per heavy atom. The fourth-order valence-electron chi connectivity index (χ4n) is 1.81. The summed E-state index contributed by atoms with van der Waals surface area (Å²) in [4.78, 5) is 8.84. The van der Waals surface area contributed by atoms with E-state index in [4.69, 9.17) is 34.8 Å². The molecule has 2 rings (SSSR count). The zero-order valence-corrected chi connectivity index (χ0v) is 12.9. The molecule has 2 nitrogen and oxygen atoms in total. The first kappa shape index (κ1) is 14.6. The summed E-state index contributed by atoms with van der Waals surface area (Å²) in [5, 5.41) is 1.63. The summed E-state index contributed by atoms with van der Waals surface area (Å²) in [6.45, 7) is 3.96. The van der Waals surface area contributed by atoms with Gasteiger partial charge < -0.3 is 0 Å². The number of aromatic nitrogens is 2. The molecule has 19 heavy (non-hydrogen) atoms. The number of hydrogen-bond donors (Lipinski definition) is 0. The van der Waals surface area contributed by atoms with Gasteiger partial charge in [-0.3, -0.25) is 0 Å². The van der Waals surface area contributed by atoms with Crippen molar-refractivity contribution in [3.63, 3.8) is 0 Å². The van der Waals surface area contributed by atoms with Crippen LogP contribution in [0.15, 0.2) is 18.2 Å². The average Bonchev–Trinajstić information content (AvgIpc) is 2.34. The van der Waals surface area contributed by atoms with Gasteiger partial charge in [-0.2, -0.15) is 0 Å². The summed E-state index contributed by atoms with van der Waals surface area (Å²) in [7, 11) is 0. The molecule has 5 heteroatoms. The maximum absolute atomic E-state index is 6.23. The highest BCUT2D eigenvalue weighted by Crippen LogP contribution is 2.33. The molecule has 0 atom stereocenters. The smallest absolute Gasteiger partial charge is 0.136 e. The molecule has 2 aromatic rings. The Kier molecular flexibility index (Phi) is 4.67. The van der Waals surface area contributed by atoms with Crippen LogP contribution in [-0.4, -0.2) is 9.97 Å². The standard InChI is InChI=1S/C14H13Cl3N2/c1-3-4-12-18-13(8(2)14(17)19-12)10-6-5-9(15)7-11(10)16/h5-7H,3-4H2,1-2H3. The molecule has 100 valence electrons. The molecule has 0 saturated heterocycles. The van der Waals surface area contributed by atoms with Crippen LogP contribution in [-0.2, 0) is 6.42 Å². The number of nitrogens with zero attached hydrogens (tertiary/aromatic N) is 2. The fourth-order valence-corrected chi connectivity index (χ4v) is 2.50. The maximum Gasteiger partial charge on any atom is 0.136 e. The van der Waals surface area contributed by atoms with Crippen molar-refractivity contribution >= 4 is 34.8 Å². The molecule has 0 aliphatic carbocycles. The van der Waals surface area contributed by atoms with Crippen LogP contribution in [0.2, 0.25) is 15.2 Å². The normalized spacial score (nSPS) is 10.8. The van der Waals surface area contributed by atoms with Gasteiger partial charge in [0, 0.05) is 22.6 Å². The van der Waals surface area contributed by atoms with Crippen molar-refractivity contribution in [3.8, 4) is 11.3 Å². The Hall–Kier alpha value is -0.830. The SMILES string of the molecule is CCCc1nc(Cl)c(C)c(-c2ccc(Cl)cc2Cl)n1. The Balaban J connectivity index is 2.60. The van der Waals surface area contributed by atoms with Crippen LogP contribution in [0.4, 0.5) is 0 Å². The van der Waals surface area contributed by atoms with Crippen LogP contribution in [0, 0.1) is 6.92 Å². The van der Waals surface area contributed by atoms with Gasteiger partial charge in [0.1, 0.15) is 11.0 Å². The van der Waals surface area contributed by atoms with Crippen molar-refractivity contribution in [2.45, 2.75) is 26.7 Å². The van der Waals surface area contributed by atoms with E-state index in [1.165, 1.54) is 0 Å². The molecule has 1 aromatic heterocycles. The van der Waals surface area contributed by atoms with E-state index in [2.05, 4.69) is 16.9 Å². The van der Waals surface area contributed by atoms with E-state index in [1.807, 2.05) is 13.0 Å². The van der Waals surface area contributed by atoms with Crippen molar-refractivity contribution in [2.75, 3.05) is 0 Å². The predicted molar refractivity (Wildman–Crippen MR) is 81.2 cm³/mol. The quantitative estimate of drug-likeness (QED) is 0.712. The molecule has 1 aromatic carbocycles. The van der Waals surface area contributed by atoms with Crippen molar-refractivity contribution in [3.05, 3.63) is 44.8 Å². The second kappa shape index (κ2) is 6.08. The van der Waals surface area contributed by atoms with Gasteiger partial charge >= 0.3 is 0 Å². The molecule has 0 spiro atoms. The summed E-state index contributed by atoms with van der Waals surface area (Å²) in [5.74, 6) is 0.735. The van der Waals surface area contributed by atoms with E-state index >= 15 is 0 Å². The van der Waals surface area contributed by atoms with Crippen LogP contribution in [0.1, 0.15) is 24.7 Å². The monoisotopic (exact) mass is 314 g/mol. The summed E-state index contributed by atoms with van der Waals surface area (Å²) in [6.07, 6.45) is 1.76. The van der Waals surface area contributed by atoms with E-state index in [9.17, 15) is 0 Å². The number of rotatable bonds is 3. The second-order valence-corrected chi connectivity index (χ2v) is 5.48. The number of halogens is 3. The third kappa shape index (κ3) is 3.19. The molecule has 0 aliphatic rings. The van der Waals surface area contributed by atoms with E-state index in [-0.39, 0.29) is 0 Å². The Morgan fingerprint density at radius 3 is 2.47 bits per heavy atom. The highest BCUT2D eigenvalue weighted by Gasteiger charge is 2.13. The lowest BCUT2D eigenvalue weighted by molar-refractivity contribution is 0.833. The van der Waals surface area contributed by atoms with Crippen molar-refractivity contribution in [2.24, 2.45) is 0 Å². The van der Waals surface area contributed by atoms with E-state index in [0.717, 1.165) is 35.5 Å². The molecule has 0 amide bonds. The lowest BCUT2D eigenvalue weighted by Gasteiger charge is -2.10. The van der Waals surface area contributed by atoms with E-state index < -0.39 is 0 Å². The largest absolute Gasteiger partial charge is 0.232 e. The fraction of sp³-hybridized carbons (Fsp3) is 0.286. The van der Waals surface area contributed by atoms with E-state index in [0.29, 0.717) is 15.2 Å². The summed E-state index contributed by atoms with van der Waals surface area (Å²) < 4.78 is 0. The Bertz CT molecular complexity index is 612. The molecule has 1 heterocycles. The summed E-state index contributed by atoms with van der Waals surface area (Å²) >= 11 is 18.3. The third-order valence-corrected chi connectivity index (χ3v) is 3.71. The second-order valence-electron chi connectivity index (χ2n) is 4.28. The Labute approximate surface area is 127 Å². The van der Waals surface area contributed by atoms with Gasteiger partial charge in [-0.25, -0.2) is 9.97 Å². The Morgan fingerprint density at radius 2 is 1.84 bits per heavy atom. The van der Waals surface area contributed by atoms with Crippen LogP contribution in [0.25, 0.3) is 11.3 Å². The molecule has 0 N–H and O–H groups in total. The first-order chi connectivity index (χ1) is 9.02. The molecule has 0 fully saturated rings. The minimum atomic E-state index is 0.472. The molecule has 0 radical (unpaired) electrons. The lowest BCUT2D eigenvalue weighted by Crippen LogP contribution is -2.00. The maximum atomic E-state index is 6.23. The minimum absolute atomic E-state index is 0.472. The molecule has 0 saturated carbocycles. The van der Waals surface area contributed by atoms with Crippen LogP contribution >= 0.6 is 34.8 Å². The zero-order valence-electron chi connectivity index (χ0n) is 10.7.